The molecule has 2 nitrogen and oxygen atoms in total. The van der Waals surface area contributed by atoms with Crippen molar-refractivity contribution >= 4 is 11.1 Å². The summed E-state index contributed by atoms with van der Waals surface area (Å²) in [5, 5.41) is 0. The maximum Gasteiger partial charge on any atom is 0.157 e. The van der Waals surface area contributed by atoms with Crippen molar-refractivity contribution in [2.75, 3.05) is 0 Å². The second kappa shape index (κ2) is 4.53. The molecule has 0 spiro atoms. The van der Waals surface area contributed by atoms with Gasteiger partial charge in [-0.1, -0.05) is 38.1 Å². The SMILES string of the molecule is CC(C)c1ccc(CS(=O)O)cc1. The minimum atomic E-state index is -1.73. The Kier molecular flexibility index (Phi) is 3.63. The highest BCUT2D eigenvalue weighted by Crippen LogP contribution is 2.15. The molecule has 0 radical (unpaired) electrons. The van der Waals surface area contributed by atoms with Gasteiger partial charge >= 0.3 is 0 Å². The molecule has 13 heavy (non-hydrogen) atoms. The minimum absolute atomic E-state index is 0.221. The second-order valence-corrected chi connectivity index (χ2v) is 4.29. The van der Waals surface area contributed by atoms with Crippen molar-refractivity contribution in [3.05, 3.63) is 35.4 Å². The van der Waals surface area contributed by atoms with Crippen LogP contribution < -0.4 is 0 Å². The number of rotatable bonds is 3. The summed E-state index contributed by atoms with van der Waals surface area (Å²) in [5.41, 5.74) is 2.16. The summed E-state index contributed by atoms with van der Waals surface area (Å²) < 4.78 is 19.2. The van der Waals surface area contributed by atoms with Crippen molar-refractivity contribution in [3.63, 3.8) is 0 Å². The predicted molar refractivity (Wildman–Crippen MR) is 55.0 cm³/mol. The van der Waals surface area contributed by atoms with Crippen molar-refractivity contribution < 1.29 is 8.76 Å². The molecule has 1 atom stereocenters. The van der Waals surface area contributed by atoms with Gasteiger partial charge in [0.1, 0.15) is 0 Å². The molecule has 0 amide bonds. The van der Waals surface area contributed by atoms with E-state index in [1.165, 1.54) is 5.56 Å². The van der Waals surface area contributed by atoms with Crippen LogP contribution in [0.5, 0.6) is 0 Å². The van der Waals surface area contributed by atoms with Crippen molar-refractivity contribution in [1.82, 2.24) is 0 Å². The number of benzene rings is 1. The van der Waals surface area contributed by atoms with E-state index in [2.05, 4.69) is 13.8 Å². The van der Waals surface area contributed by atoms with Gasteiger partial charge in [-0.15, -0.1) is 0 Å². The first-order chi connectivity index (χ1) is 6.09. The molecule has 72 valence electrons. The first-order valence-electron chi connectivity index (χ1n) is 4.26. The zero-order valence-electron chi connectivity index (χ0n) is 7.86. The molecule has 0 fully saturated rings. The van der Waals surface area contributed by atoms with E-state index in [-0.39, 0.29) is 5.75 Å². The van der Waals surface area contributed by atoms with Crippen LogP contribution in [0, 0.1) is 0 Å². The van der Waals surface area contributed by atoms with E-state index in [9.17, 15) is 4.21 Å². The van der Waals surface area contributed by atoms with Crippen LogP contribution in [-0.2, 0) is 16.8 Å². The van der Waals surface area contributed by atoms with Gasteiger partial charge in [-0.05, 0) is 17.0 Å². The number of hydrogen-bond acceptors (Lipinski definition) is 1. The average Bonchev–Trinajstić information content (AvgIpc) is 2.04. The quantitative estimate of drug-likeness (QED) is 0.758. The Morgan fingerprint density at radius 1 is 1.31 bits per heavy atom. The van der Waals surface area contributed by atoms with Crippen LogP contribution in [0.15, 0.2) is 24.3 Å². The fourth-order valence-corrected chi connectivity index (χ4v) is 1.62. The van der Waals surface area contributed by atoms with Crippen LogP contribution in [0.2, 0.25) is 0 Å². The highest BCUT2D eigenvalue weighted by molar-refractivity contribution is 7.78. The smallest absolute Gasteiger partial charge is 0.157 e. The van der Waals surface area contributed by atoms with E-state index in [0.29, 0.717) is 5.92 Å². The third-order valence-electron chi connectivity index (χ3n) is 1.94. The molecule has 0 heterocycles. The first-order valence-corrected chi connectivity index (χ1v) is 5.53. The van der Waals surface area contributed by atoms with Crippen LogP contribution in [0.1, 0.15) is 30.9 Å². The summed E-state index contributed by atoms with van der Waals surface area (Å²) >= 11 is -1.73. The maximum absolute atomic E-state index is 10.5. The van der Waals surface area contributed by atoms with Crippen LogP contribution in [0.3, 0.4) is 0 Å². The van der Waals surface area contributed by atoms with E-state index < -0.39 is 11.1 Å². The molecular weight excluding hydrogens is 184 g/mol. The lowest BCUT2D eigenvalue weighted by Gasteiger charge is -2.05. The van der Waals surface area contributed by atoms with Gasteiger partial charge in [-0.3, -0.25) is 0 Å². The summed E-state index contributed by atoms with van der Waals surface area (Å²) in [6.07, 6.45) is 0. The van der Waals surface area contributed by atoms with Crippen LogP contribution in [0.4, 0.5) is 0 Å². The van der Waals surface area contributed by atoms with Gasteiger partial charge in [0.2, 0.25) is 0 Å². The van der Waals surface area contributed by atoms with E-state index in [0.717, 1.165) is 5.56 Å². The molecule has 0 saturated carbocycles. The monoisotopic (exact) mass is 198 g/mol. The molecule has 1 aromatic rings. The summed E-state index contributed by atoms with van der Waals surface area (Å²) in [7, 11) is 0. The second-order valence-electron chi connectivity index (χ2n) is 3.36. The largest absolute Gasteiger partial charge is 0.306 e. The molecule has 1 N–H and O–H groups in total. The third kappa shape index (κ3) is 3.28. The molecule has 0 bridgehead atoms. The Hall–Kier alpha value is -0.670. The maximum atomic E-state index is 10.5. The lowest BCUT2D eigenvalue weighted by molar-refractivity contribution is 0.563. The lowest BCUT2D eigenvalue weighted by Crippen LogP contribution is -1.94. The summed E-state index contributed by atoms with van der Waals surface area (Å²) in [4.78, 5) is 0. The molecule has 3 heteroatoms. The van der Waals surface area contributed by atoms with Gasteiger partial charge in [0.15, 0.2) is 11.1 Å². The lowest BCUT2D eigenvalue weighted by atomic mass is 10.0. The van der Waals surface area contributed by atoms with Crippen molar-refractivity contribution in [1.29, 1.82) is 0 Å². The van der Waals surface area contributed by atoms with Crippen LogP contribution in [0.25, 0.3) is 0 Å². The molecule has 1 unspecified atom stereocenters. The molecule has 0 aromatic heterocycles. The zero-order chi connectivity index (χ0) is 9.84. The fourth-order valence-electron chi connectivity index (χ4n) is 1.14. The summed E-state index contributed by atoms with van der Waals surface area (Å²) in [6, 6.07) is 7.83. The summed E-state index contributed by atoms with van der Waals surface area (Å²) in [6.45, 7) is 4.25. The molecule has 0 saturated heterocycles. The van der Waals surface area contributed by atoms with Crippen molar-refractivity contribution in [2.24, 2.45) is 0 Å². The molecule has 1 rings (SSSR count). The van der Waals surface area contributed by atoms with E-state index in [4.69, 9.17) is 4.55 Å². The normalized spacial score (nSPS) is 13.2. The molecule has 0 aliphatic rings. The molecule has 0 aliphatic heterocycles. The van der Waals surface area contributed by atoms with Crippen LogP contribution in [-0.4, -0.2) is 8.76 Å². The molecule has 1 aromatic carbocycles. The Labute approximate surface area is 81.3 Å². The van der Waals surface area contributed by atoms with E-state index in [1.54, 1.807) is 0 Å². The fraction of sp³-hybridized carbons (Fsp3) is 0.400. The predicted octanol–water partition coefficient (Wildman–Crippen LogP) is 2.53. The highest BCUT2D eigenvalue weighted by Gasteiger charge is 2.00. The Morgan fingerprint density at radius 3 is 2.23 bits per heavy atom. The van der Waals surface area contributed by atoms with Gasteiger partial charge in [0.25, 0.3) is 0 Å². The van der Waals surface area contributed by atoms with Crippen molar-refractivity contribution in [2.45, 2.75) is 25.5 Å². The molecule has 0 aliphatic carbocycles. The third-order valence-corrected chi connectivity index (χ3v) is 2.52. The van der Waals surface area contributed by atoms with Gasteiger partial charge in [0, 0.05) is 0 Å². The number of hydrogen-bond donors (Lipinski definition) is 1. The summed E-state index contributed by atoms with van der Waals surface area (Å²) in [5.74, 6) is 0.729. The van der Waals surface area contributed by atoms with Gasteiger partial charge in [-0.25, -0.2) is 4.21 Å². The average molecular weight is 198 g/mol. The van der Waals surface area contributed by atoms with E-state index >= 15 is 0 Å². The zero-order valence-corrected chi connectivity index (χ0v) is 8.67. The standard InChI is InChI=1S/C10H14O2S/c1-8(2)10-5-3-9(4-6-10)7-13(11)12/h3-6,8H,7H2,1-2H3,(H,11,12). The highest BCUT2D eigenvalue weighted by atomic mass is 32.2. The Bertz CT molecular complexity index is 290. The molecular formula is C10H14O2S. The van der Waals surface area contributed by atoms with Gasteiger partial charge in [-0.2, -0.15) is 0 Å². The Morgan fingerprint density at radius 2 is 1.85 bits per heavy atom. The van der Waals surface area contributed by atoms with E-state index in [1.807, 2.05) is 24.3 Å². The van der Waals surface area contributed by atoms with Crippen molar-refractivity contribution in [3.8, 4) is 0 Å². The minimum Gasteiger partial charge on any atom is -0.306 e. The van der Waals surface area contributed by atoms with Gasteiger partial charge in [0.05, 0.1) is 5.75 Å². The van der Waals surface area contributed by atoms with Crippen LogP contribution >= 0.6 is 0 Å². The topological polar surface area (TPSA) is 37.3 Å². The van der Waals surface area contributed by atoms with Gasteiger partial charge < -0.3 is 4.55 Å². The Balaban J connectivity index is 2.75. The first kappa shape index (κ1) is 10.4.